The molecule has 2 heterocycles. The molecule has 102 valence electrons. The average Bonchev–Trinajstić information content (AvgIpc) is 2.90. The number of nitrogens with zero attached hydrogens (tertiary/aromatic N) is 6. The number of hydrogen-bond donors (Lipinski definition) is 0. The first kappa shape index (κ1) is 12.1. The van der Waals surface area contributed by atoms with Crippen molar-refractivity contribution in [2.75, 3.05) is 14.2 Å². The van der Waals surface area contributed by atoms with Gasteiger partial charge in [0.05, 0.1) is 14.2 Å². The standard InChI is InChI=1S/C11H10N6O3/c1-18-9-12-10(19-2)14-11(13-9)20-17-8-6-4-3-5-7(8)15-16-17/h3-6H,1-2H3. The molecule has 0 aliphatic carbocycles. The van der Waals surface area contributed by atoms with Crippen LogP contribution in [0, 0.1) is 0 Å². The first-order valence-electron chi connectivity index (χ1n) is 5.63. The molecule has 0 spiro atoms. The third-order valence-electron chi connectivity index (χ3n) is 2.43. The van der Waals surface area contributed by atoms with Crippen LogP contribution < -0.4 is 14.3 Å². The minimum atomic E-state index is -0.00986. The summed E-state index contributed by atoms with van der Waals surface area (Å²) in [5.74, 6) is 0. The van der Waals surface area contributed by atoms with Gasteiger partial charge in [-0.25, -0.2) is 0 Å². The van der Waals surface area contributed by atoms with Gasteiger partial charge in [-0.3, -0.25) is 0 Å². The lowest BCUT2D eigenvalue weighted by molar-refractivity contribution is 0.160. The van der Waals surface area contributed by atoms with Crippen LogP contribution in [0.15, 0.2) is 24.3 Å². The Hall–Kier alpha value is -2.97. The predicted molar refractivity (Wildman–Crippen MR) is 66.5 cm³/mol. The maximum Gasteiger partial charge on any atom is 0.354 e. The Morgan fingerprint density at radius 2 is 1.55 bits per heavy atom. The van der Waals surface area contributed by atoms with Crippen LogP contribution in [0.25, 0.3) is 11.0 Å². The molecule has 0 aliphatic heterocycles. The Balaban J connectivity index is 1.98. The van der Waals surface area contributed by atoms with Gasteiger partial charge in [0.2, 0.25) is 0 Å². The van der Waals surface area contributed by atoms with E-state index in [4.69, 9.17) is 14.3 Å². The highest BCUT2D eigenvalue weighted by atomic mass is 16.7. The van der Waals surface area contributed by atoms with Gasteiger partial charge in [0.25, 0.3) is 0 Å². The van der Waals surface area contributed by atoms with Crippen LogP contribution in [0.3, 0.4) is 0 Å². The number of aromatic nitrogens is 6. The first-order chi connectivity index (χ1) is 9.80. The number of hydrogen-bond acceptors (Lipinski definition) is 8. The lowest BCUT2D eigenvalue weighted by atomic mass is 10.3. The van der Waals surface area contributed by atoms with Crippen molar-refractivity contribution in [3.8, 4) is 18.0 Å². The average molecular weight is 274 g/mol. The number of fused-ring (bicyclic) bond motifs is 1. The van der Waals surface area contributed by atoms with Crippen LogP contribution in [-0.4, -0.2) is 44.3 Å². The Morgan fingerprint density at radius 3 is 2.25 bits per heavy atom. The highest BCUT2D eigenvalue weighted by Gasteiger charge is 2.11. The molecule has 0 N–H and O–H groups in total. The molecular weight excluding hydrogens is 264 g/mol. The molecule has 1 aromatic carbocycles. The van der Waals surface area contributed by atoms with E-state index in [1.807, 2.05) is 24.3 Å². The molecule has 0 unspecified atom stereocenters. The summed E-state index contributed by atoms with van der Waals surface area (Å²) in [6.07, 6.45) is 0. The fourth-order valence-corrected chi connectivity index (χ4v) is 1.54. The van der Waals surface area contributed by atoms with E-state index in [-0.39, 0.29) is 18.0 Å². The second-order valence-corrected chi connectivity index (χ2v) is 3.63. The molecule has 0 saturated carbocycles. The van der Waals surface area contributed by atoms with Gasteiger partial charge in [-0.2, -0.15) is 0 Å². The summed E-state index contributed by atoms with van der Waals surface area (Å²) in [4.78, 5) is 18.4. The third kappa shape index (κ3) is 2.16. The summed E-state index contributed by atoms with van der Waals surface area (Å²) in [5, 5.41) is 7.82. The van der Waals surface area contributed by atoms with Crippen LogP contribution in [0.5, 0.6) is 18.0 Å². The maximum atomic E-state index is 5.44. The van der Waals surface area contributed by atoms with E-state index in [9.17, 15) is 0 Å². The quantitative estimate of drug-likeness (QED) is 0.677. The van der Waals surface area contributed by atoms with Crippen molar-refractivity contribution < 1.29 is 14.3 Å². The van der Waals surface area contributed by atoms with E-state index in [1.165, 1.54) is 19.1 Å². The van der Waals surface area contributed by atoms with Gasteiger partial charge >= 0.3 is 18.0 Å². The normalized spacial score (nSPS) is 10.5. The molecule has 9 nitrogen and oxygen atoms in total. The molecule has 3 rings (SSSR count). The van der Waals surface area contributed by atoms with Gasteiger partial charge in [0.15, 0.2) is 0 Å². The van der Waals surface area contributed by atoms with Crippen molar-refractivity contribution >= 4 is 11.0 Å². The van der Waals surface area contributed by atoms with E-state index in [0.717, 1.165) is 0 Å². The summed E-state index contributed by atoms with van der Waals surface area (Å²) in [5.41, 5.74) is 1.38. The van der Waals surface area contributed by atoms with Gasteiger partial charge in [0.1, 0.15) is 11.0 Å². The molecule has 3 aromatic rings. The van der Waals surface area contributed by atoms with Crippen molar-refractivity contribution in [2.24, 2.45) is 0 Å². The van der Waals surface area contributed by atoms with Gasteiger partial charge in [0, 0.05) is 0 Å². The van der Waals surface area contributed by atoms with E-state index in [2.05, 4.69) is 25.3 Å². The Bertz CT molecular complexity index is 722. The molecule has 0 radical (unpaired) electrons. The topological polar surface area (TPSA) is 97.1 Å². The molecule has 0 saturated heterocycles. The van der Waals surface area contributed by atoms with Gasteiger partial charge in [-0.05, 0) is 17.3 Å². The first-order valence-corrected chi connectivity index (χ1v) is 5.63. The van der Waals surface area contributed by atoms with E-state index in [1.54, 1.807) is 0 Å². The van der Waals surface area contributed by atoms with Crippen molar-refractivity contribution in [2.45, 2.75) is 0 Å². The number of methoxy groups -OCH3 is 2. The number of ether oxygens (including phenoxy) is 2. The van der Waals surface area contributed by atoms with Crippen molar-refractivity contribution in [1.82, 2.24) is 30.1 Å². The molecule has 0 aliphatic rings. The Kier molecular flexibility index (Phi) is 2.99. The highest BCUT2D eigenvalue weighted by molar-refractivity contribution is 5.73. The fraction of sp³-hybridized carbons (Fsp3) is 0.182. The lowest BCUT2D eigenvalue weighted by Crippen LogP contribution is -2.11. The Morgan fingerprint density at radius 1 is 0.900 bits per heavy atom. The van der Waals surface area contributed by atoms with E-state index < -0.39 is 0 Å². The highest BCUT2D eigenvalue weighted by Crippen LogP contribution is 2.16. The van der Waals surface area contributed by atoms with Crippen LogP contribution in [0.2, 0.25) is 0 Å². The van der Waals surface area contributed by atoms with Crippen LogP contribution in [-0.2, 0) is 0 Å². The molecule has 9 heteroatoms. The van der Waals surface area contributed by atoms with Gasteiger partial charge in [-0.1, -0.05) is 17.0 Å². The zero-order chi connectivity index (χ0) is 13.9. The summed E-state index contributed by atoms with van der Waals surface area (Å²) >= 11 is 0. The van der Waals surface area contributed by atoms with E-state index >= 15 is 0 Å². The molecular formula is C11H10N6O3. The lowest BCUT2D eigenvalue weighted by Gasteiger charge is -2.05. The number of rotatable bonds is 4. The fourth-order valence-electron chi connectivity index (χ4n) is 1.54. The minimum absolute atomic E-state index is 0.00986. The van der Waals surface area contributed by atoms with Crippen LogP contribution in [0.4, 0.5) is 0 Å². The smallest absolute Gasteiger partial charge is 0.354 e. The number of para-hydroxylation sites is 1. The molecule has 0 atom stereocenters. The Labute approximate surface area is 113 Å². The summed E-state index contributed by atoms with van der Waals surface area (Å²) in [6.45, 7) is 0. The van der Waals surface area contributed by atoms with E-state index in [0.29, 0.717) is 11.0 Å². The van der Waals surface area contributed by atoms with Crippen molar-refractivity contribution in [1.29, 1.82) is 0 Å². The monoisotopic (exact) mass is 274 g/mol. The van der Waals surface area contributed by atoms with Crippen molar-refractivity contribution in [3.05, 3.63) is 24.3 Å². The van der Waals surface area contributed by atoms with Gasteiger partial charge < -0.3 is 14.3 Å². The molecule has 0 fully saturated rings. The summed E-state index contributed by atoms with van der Waals surface area (Å²) in [7, 11) is 2.87. The second kappa shape index (κ2) is 4.96. The zero-order valence-corrected chi connectivity index (χ0v) is 10.7. The summed E-state index contributed by atoms with van der Waals surface area (Å²) in [6, 6.07) is 7.48. The van der Waals surface area contributed by atoms with Crippen LogP contribution >= 0.6 is 0 Å². The predicted octanol–water partition coefficient (Wildman–Crippen LogP) is 0.476. The molecule has 2 aromatic heterocycles. The SMILES string of the molecule is COc1nc(OC)nc(On2nnc3ccccc32)n1. The second-order valence-electron chi connectivity index (χ2n) is 3.63. The molecule has 0 bridgehead atoms. The largest absolute Gasteiger partial charge is 0.467 e. The molecule has 20 heavy (non-hydrogen) atoms. The maximum absolute atomic E-state index is 5.44. The zero-order valence-electron chi connectivity index (χ0n) is 10.7. The molecule has 0 amide bonds. The minimum Gasteiger partial charge on any atom is -0.467 e. The number of benzene rings is 1. The van der Waals surface area contributed by atoms with Crippen molar-refractivity contribution in [3.63, 3.8) is 0 Å². The third-order valence-corrected chi connectivity index (χ3v) is 2.43. The van der Waals surface area contributed by atoms with Crippen LogP contribution in [0.1, 0.15) is 0 Å². The summed E-state index contributed by atoms with van der Waals surface area (Å²) < 4.78 is 9.87. The van der Waals surface area contributed by atoms with Gasteiger partial charge in [-0.15, -0.1) is 20.1 Å².